The fraction of sp³-hybridized carbons (Fsp3) is 0.875. The molecule has 0 radical (unpaired) electrons. The Morgan fingerprint density at radius 3 is 2.54 bits per heavy atom. The molecule has 0 aromatic rings. The molecule has 0 saturated heterocycles. The maximum Gasteiger partial charge on any atom is 0.312 e. The van der Waals surface area contributed by atoms with Crippen molar-refractivity contribution in [2.24, 2.45) is 5.73 Å². The number of aliphatic hydroxyl groups excluding tert-OH is 1. The van der Waals surface area contributed by atoms with E-state index in [0.29, 0.717) is 13.1 Å². The van der Waals surface area contributed by atoms with E-state index in [2.05, 4.69) is 10.6 Å². The van der Waals surface area contributed by atoms with Crippen molar-refractivity contribution in [3.63, 3.8) is 0 Å². The first kappa shape index (κ1) is 12.2. The summed E-state index contributed by atoms with van der Waals surface area (Å²) in [6.45, 7) is 6.48. The number of urea groups is 1. The van der Waals surface area contributed by atoms with E-state index in [1.54, 1.807) is 6.92 Å². The van der Waals surface area contributed by atoms with Crippen LogP contribution in [-0.2, 0) is 0 Å². The van der Waals surface area contributed by atoms with Crippen LogP contribution in [0.25, 0.3) is 0 Å². The van der Waals surface area contributed by atoms with Gasteiger partial charge in [-0.25, -0.2) is 4.79 Å². The predicted octanol–water partition coefficient (Wildman–Crippen LogP) is -0.596. The second-order valence-corrected chi connectivity index (χ2v) is 3.83. The van der Waals surface area contributed by atoms with Gasteiger partial charge in [-0.1, -0.05) is 0 Å². The molecule has 0 aliphatic rings. The molecule has 5 heteroatoms. The summed E-state index contributed by atoms with van der Waals surface area (Å²) in [4.78, 5) is 10.4. The standard InChI is InChI=1S/C8H19N3O2/c1-6(12)4-11-8(2,3)5-10-7(9)13/h6,11-12H,4-5H2,1-3H3,(H3,9,10,13). The van der Waals surface area contributed by atoms with Crippen LogP contribution < -0.4 is 16.4 Å². The van der Waals surface area contributed by atoms with Crippen LogP contribution in [0.2, 0.25) is 0 Å². The molecule has 2 amide bonds. The Bertz CT molecular complexity index is 169. The number of primary amides is 1. The highest BCUT2D eigenvalue weighted by atomic mass is 16.3. The average molecular weight is 189 g/mol. The van der Waals surface area contributed by atoms with Gasteiger partial charge in [-0.2, -0.15) is 0 Å². The lowest BCUT2D eigenvalue weighted by molar-refractivity contribution is 0.176. The van der Waals surface area contributed by atoms with Gasteiger partial charge in [-0.15, -0.1) is 0 Å². The Labute approximate surface area is 78.7 Å². The van der Waals surface area contributed by atoms with Crippen LogP contribution in [0, 0.1) is 0 Å². The van der Waals surface area contributed by atoms with Crippen molar-refractivity contribution in [3.05, 3.63) is 0 Å². The van der Waals surface area contributed by atoms with E-state index in [1.807, 2.05) is 13.8 Å². The summed E-state index contributed by atoms with van der Waals surface area (Å²) in [5.41, 5.74) is 4.67. The van der Waals surface area contributed by atoms with Crippen LogP contribution in [0.1, 0.15) is 20.8 Å². The van der Waals surface area contributed by atoms with Crippen LogP contribution in [0.4, 0.5) is 4.79 Å². The van der Waals surface area contributed by atoms with E-state index in [9.17, 15) is 4.79 Å². The van der Waals surface area contributed by atoms with Gasteiger partial charge in [-0.3, -0.25) is 0 Å². The summed E-state index contributed by atoms with van der Waals surface area (Å²) in [5.74, 6) is 0. The highest BCUT2D eigenvalue weighted by molar-refractivity contribution is 5.71. The largest absolute Gasteiger partial charge is 0.392 e. The topological polar surface area (TPSA) is 87.4 Å². The normalized spacial score (nSPS) is 13.8. The van der Waals surface area contributed by atoms with Crippen LogP contribution >= 0.6 is 0 Å². The Morgan fingerprint density at radius 2 is 2.15 bits per heavy atom. The quantitative estimate of drug-likeness (QED) is 0.466. The molecule has 0 fully saturated rings. The zero-order valence-corrected chi connectivity index (χ0v) is 8.42. The highest BCUT2D eigenvalue weighted by Crippen LogP contribution is 1.99. The van der Waals surface area contributed by atoms with Crippen LogP contribution in [-0.4, -0.2) is 35.9 Å². The third-order valence-electron chi connectivity index (χ3n) is 1.58. The third-order valence-corrected chi connectivity index (χ3v) is 1.58. The number of β-amino-alcohol motifs (C(OH)–C–C–N with tert-alkyl or cyclic N) is 1. The van der Waals surface area contributed by atoms with Crippen molar-refractivity contribution in [1.29, 1.82) is 0 Å². The van der Waals surface area contributed by atoms with Gasteiger partial charge in [0.25, 0.3) is 0 Å². The minimum Gasteiger partial charge on any atom is -0.392 e. The lowest BCUT2D eigenvalue weighted by atomic mass is 10.1. The number of nitrogens with one attached hydrogen (secondary N) is 2. The first-order valence-electron chi connectivity index (χ1n) is 4.30. The molecule has 0 rings (SSSR count). The van der Waals surface area contributed by atoms with Gasteiger partial charge in [0.1, 0.15) is 0 Å². The number of hydrogen-bond donors (Lipinski definition) is 4. The predicted molar refractivity (Wildman–Crippen MR) is 51.3 cm³/mol. The smallest absolute Gasteiger partial charge is 0.312 e. The van der Waals surface area contributed by atoms with E-state index in [0.717, 1.165) is 0 Å². The first-order valence-corrected chi connectivity index (χ1v) is 4.30. The molecule has 13 heavy (non-hydrogen) atoms. The Hall–Kier alpha value is -0.810. The molecular formula is C8H19N3O2. The molecule has 0 saturated carbocycles. The van der Waals surface area contributed by atoms with Crippen molar-refractivity contribution >= 4 is 6.03 Å². The molecule has 5 N–H and O–H groups in total. The Morgan fingerprint density at radius 1 is 1.62 bits per heavy atom. The summed E-state index contributed by atoms with van der Waals surface area (Å²) in [6.07, 6.45) is -0.396. The molecule has 1 atom stereocenters. The van der Waals surface area contributed by atoms with E-state index in [1.165, 1.54) is 0 Å². The number of carbonyl (C=O) groups is 1. The monoisotopic (exact) mass is 189 g/mol. The number of nitrogens with two attached hydrogens (primary N) is 1. The summed E-state index contributed by atoms with van der Waals surface area (Å²) in [5, 5.41) is 14.6. The molecule has 0 aromatic carbocycles. The third kappa shape index (κ3) is 7.55. The molecular weight excluding hydrogens is 170 g/mol. The van der Waals surface area contributed by atoms with E-state index >= 15 is 0 Å². The second kappa shape index (κ2) is 5.04. The van der Waals surface area contributed by atoms with Gasteiger partial charge in [-0.05, 0) is 20.8 Å². The molecule has 0 spiro atoms. The van der Waals surface area contributed by atoms with Gasteiger partial charge >= 0.3 is 6.03 Å². The lowest BCUT2D eigenvalue weighted by Crippen LogP contribution is -2.51. The van der Waals surface area contributed by atoms with Crippen molar-refractivity contribution in [3.8, 4) is 0 Å². The summed E-state index contributed by atoms with van der Waals surface area (Å²) in [7, 11) is 0. The van der Waals surface area contributed by atoms with Gasteiger partial charge in [0.05, 0.1) is 6.10 Å². The molecule has 0 aliphatic carbocycles. The van der Waals surface area contributed by atoms with Crippen LogP contribution in [0.5, 0.6) is 0 Å². The van der Waals surface area contributed by atoms with Crippen LogP contribution in [0.3, 0.4) is 0 Å². The second-order valence-electron chi connectivity index (χ2n) is 3.83. The molecule has 0 aliphatic heterocycles. The first-order chi connectivity index (χ1) is 5.83. The van der Waals surface area contributed by atoms with E-state index < -0.39 is 12.1 Å². The van der Waals surface area contributed by atoms with Crippen molar-refractivity contribution < 1.29 is 9.90 Å². The number of aliphatic hydroxyl groups is 1. The summed E-state index contributed by atoms with van der Waals surface area (Å²) in [6, 6.07) is -0.535. The molecule has 78 valence electrons. The fourth-order valence-corrected chi connectivity index (χ4v) is 0.795. The van der Waals surface area contributed by atoms with Gasteiger partial charge in [0, 0.05) is 18.6 Å². The summed E-state index contributed by atoms with van der Waals surface area (Å²) < 4.78 is 0. The Balaban J connectivity index is 3.72. The molecule has 5 nitrogen and oxygen atoms in total. The van der Waals surface area contributed by atoms with E-state index in [4.69, 9.17) is 10.8 Å². The Kier molecular flexibility index (Phi) is 4.72. The minimum absolute atomic E-state index is 0.258. The summed E-state index contributed by atoms with van der Waals surface area (Å²) >= 11 is 0. The molecule has 0 aromatic heterocycles. The fourth-order valence-electron chi connectivity index (χ4n) is 0.795. The van der Waals surface area contributed by atoms with Gasteiger partial charge in [0.2, 0.25) is 0 Å². The lowest BCUT2D eigenvalue weighted by Gasteiger charge is -2.27. The number of carbonyl (C=O) groups excluding carboxylic acids is 1. The highest BCUT2D eigenvalue weighted by Gasteiger charge is 2.17. The van der Waals surface area contributed by atoms with E-state index in [-0.39, 0.29) is 5.54 Å². The van der Waals surface area contributed by atoms with Crippen molar-refractivity contribution in [2.75, 3.05) is 13.1 Å². The maximum absolute atomic E-state index is 10.4. The zero-order chi connectivity index (χ0) is 10.5. The van der Waals surface area contributed by atoms with Gasteiger partial charge < -0.3 is 21.5 Å². The average Bonchev–Trinajstić information content (AvgIpc) is 1.98. The van der Waals surface area contributed by atoms with Crippen molar-refractivity contribution in [1.82, 2.24) is 10.6 Å². The maximum atomic E-state index is 10.4. The SMILES string of the molecule is CC(O)CNC(C)(C)CNC(N)=O. The van der Waals surface area contributed by atoms with Crippen LogP contribution in [0.15, 0.2) is 0 Å². The van der Waals surface area contributed by atoms with Crippen molar-refractivity contribution in [2.45, 2.75) is 32.4 Å². The number of amides is 2. The molecule has 1 unspecified atom stereocenters. The zero-order valence-electron chi connectivity index (χ0n) is 8.42. The molecule has 0 bridgehead atoms. The van der Waals surface area contributed by atoms with Gasteiger partial charge in [0.15, 0.2) is 0 Å². The number of rotatable bonds is 5. The number of hydrogen-bond acceptors (Lipinski definition) is 3. The molecule has 0 heterocycles. The minimum atomic E-state index is -0.535.